The lowest BCUT2D eigenvalue weighted by Gasteiger charge is -2.23. The molecule has 2 aromatic carbocycles. The molecule has 160 valence electrons. The van der Waals surface area contributed by atoms with Crippen LogP contribution in [0, 0.1) is 11.6 Å². The van der Waals surface area contributed by atoms with Gasteiger partial charge in [-0.1, -0.05) is 55.5 Å². The Bertz CT molecular complexity index is 1010. The van der Waals surface area contributed by atoms with E-state index in [1.165, 1.54) is 17.0 Å². The van der Waals surface area contributed by atoms with Crippen LogP contribution in [0.3, 0.4) is 0 Å². The average molecular weight is 452 g/mol. The highest BCUT2D eigenvalue weighted by Crippen LogP contribution is 2.31. The van der Waals surface area contributed by atoms with Gasteiger partial charge in [-0.25, -0.2) is 13.8 Å². The lowest BCUT2D eigenvalue weighted by molar-refractivity contribution is -0.114. The van der Waals surface area contributed by atoms with E-state index in [9.17, 15) is 13.6 Å². The molecule has 1 amide bonds. The van der Waals surface area contributed by atoms with E-state index in [0.29, 0.717) is 22.9 Å². The number of nitrogens with zero attached hydrogens (tertiary/aromatic N) is 3. The molecule has 1 heterocycles. The summed E-state index contributed by atoms with van der Waals surface area (Å²) in [7, 11) is 0. The van der Waals surface area contributed by atoms with Crippen molar-refractivity contribution in [1.29, 1.82) is 0 Å². The van der Waals surface area contributed by atoms with Gasteiger partial charge in [-0.15, -0.1) is 12.4 Å². The first kappa shape index (κ1) is 23.9. The van der Waals surface area contributed by atoms with E-state index in [0.717, 1.165) is 36.1 Å². The third-order valence-corrected chi connectivity index (χ3v) is 5.68. The molecule has 0 spiro atoms. The van der Waals surface area contributed by atoms with E-state index in [1.54, 1.807) is 6.08 Å². The molecule has 0 atom stereocenters. The van der Waals surface area contributed by atoms with Crippen LogP contribution in [0.4, 0.5) is 13.9 Å². The van der Waals surface area contributed by atoms with Gasteiger partial charge in [0.2, 0.25) is 0 Å². The van der Waals surface area contributed by atoms with Crippen molar-refractivity contribution in [3.63, 3.8) is 0 Å². The first-order chi connectivity index (χ1) is 14.0. The zero-order chi connectivity index (χ0) is 20.8. The van der Waals surface area contributed by atoms with Crippen LogP contribution < -0.4 is 4.90 Å². The summed E-state index contributed by atoms with van der Waals surface area (Å²) in [6.07, 6.45) is 3.22. The molecule has 3 aromatic rings. The molecule has 0 N–H and O–H groups in total. The van der Waals surface area contributed by atoms with E-state index in [2.05, 4.69) is 23.7 Å². The number of halogens is 3. The zero-order valence-corrected chi connectivity index (χ0v) is 18.5. The van der Waals surface area contributed by atoms with Crippen LogP contribution in [-0.4, -0.2) is 42.0 Å². The van der Waals surface area contributed by atoms with Crippen LogP contribution in [0.15, 0.2) is 48.5 Å². The molecule has 3 rings (SSSR count). The van der Waals surface area contributed by atoms with Crippen molar-refractivity contribution in [2.75, 3.05) is 31.1 Å². The quantitative estimate of drug-likeness (QED) is 0.431. The van der Waals surface area contributed by atoms with Crippen molar-refractivity contribution in [2.24, 2.45) is 0 Å². The average Bonchev–Trinajstić information content (AvgIpc) is 3.14. The third-order valence-electron chi connectivity index (χ3n) is 4.65. The number of amides is 1. The molecule has 0 aliphatic rings. The standard InChI is InChI=1S/C22H23F2N3OS.ClH/c1-3-26(4-2)12-13-27(20(28)11-10-16-8-6-5-7-9-16)22-25-21-18(24)14-17(23)15-19(21)29-22;/h5-11,14-15H,3-4,12-13H2,1-2H3;1H. The molecule has 0 fully saturated rings. The Morgan fingerprint density at radius 3 is 2.47 bits per heavy atom. The molecular formula is C22H24ClF2N3OS. The highest BCUT2D eigenvalue weighted by molar-refractivity contribution is 7.22. The smallest absolute Gasteiger partial charge is 0.252 e. The van der Waals surface area contributed by atoms with Crippen molar-refractivity contribution in [1.82, 2.24) is 9.88 Å². The number of likely N-dealkylation sites (N-methyl/N-ethyl adjacent to an activating group) is 1. The SMILES string of the molecule is CCN(CC)CCN(C(=O)C=Cc1ccccc1)c1nc2c(F)cc(F)cc2s1.Cl. The number of fused-ring (bicyclic) bond motifs is 1. The van der Waals surface area contributed by atoms with Gasteiger partial charge in [-0.3, -0.25) is 9.69 Å². The molecule has 0 unspecified atom stereocenters. The first-order valence-electron chi connectivity index (χ1n) is 9.54. The van der Waals surface area contributed by atoms with Crippen LogP contribution in [0.25, 0.3) is 16.3 Å². The van der Waals surface area contributed by atoms with Crippen molar-refractivity contribution in [3.8, 4) is 0 Å². The number of hydrogen-bond donors (Lipinski definition) is 0. The Morgan fingerprint density at radius 1 is 1.10 bits per heavy atom. The fourth-order valence-corrected chi connectivity index (χ4v) is 4.00. The van der Waals surface area contributed by atoms with E-state index in [1.807, 2.05) is 30.3 Å². The second-order valence-electron chi connectivity index (χ2n) is 6.49. The molecule has 0 aliphatic heterocycles. The predicted molar refractivity (Wildman–Crippen MR) is 122 cm³/mol. The predicted octanol–water partition coefficient (Wildman–Crippen LogP) is 5.38. The molecule has 0 saturated carbocycles. The first-order valence-corrected chi connectivity index (χ1v) is 10.4. The van der Waals surface area contributed by atoms with Crippen molar-refractivity contribution in [2.45, 2.75) is 13.8 Å². The second-order valence-corrected chi connectivity index (χ2v) is 7.50. The Labute approximate surface area is 185 Å². The van der Waals surface area contributed by atoms with Gasteiger partial charge in [0.25, 0.3) is 5.91 Å². The van der Waals surface area contributed by atoms with Crippen LogP contribution in [-0.2, 0) is 4.79 Å². The van der Waals surface area contributed by atoms with Gasteiger partial charge in [-0.2, -0.15) is 0 Å². The number of rotatable bonds is 8. The topological polar surface area (TPSA) is 36.4 Å². The zero-order valence-electron chi connectivity index (χ0n) is 16.8. The van der Waals surface area contributed by atoms with Crippen molar-refractivity contribution >= 4 is 51.1 Å². The second kappa shape index (κ2) is 11.2. The Hall–Kier alpha value is -2.35. The molecule has 0 saturated heterocycles. The molecule has 0 bridgehead atoms. The highest BCUT2D eigenvalue weighted by atomic mass is 35.5. The maximum absolute atomic E-state index is 14.1. The normalized spacial score (nSPS) is 11.2. The van der Waals surface area contributed by atoms with Gasteiger partial charge >= 0.3 is 0 Å². The highest BCUT2D eigenvalue weighted by Gasteiger charge is 2.20. The molecule has 30 heavy (non-hydrogen) atoms. The van der Waals surface area contributed by atoms with Crippen LogP contribution in [0.2, 0.25) is 0 Å². The maximum atomic E-state index is 14.1. The monoisotopic (exact) mass is 451 g/mol. The molecule has 8 heteroatoms. The van der Waals surface area contributed by atoms with Gasteiger partial charge in [0.1, 0.15) is 11.3 Å². The number of carbonyl (C=O) groups excluding carboxylic acids is 1. The van der Waals surface area contributed by atoms with E-state index in [-0.39, 0.29) is 23.8 Å². The molecular weight excluding hydrogens is 428 g/mol. The van der Waals surface area contributed by atoms with Crippen LogP contribution in [0.1, 0.15) is 19.4 Å². The lowest BCUT2D eigenvalue weighted by atomic mass is 10.2. The van der Waals surface area contributed by atoms with Gasteiger partial charge in [0, 0.05) is 25.2 Å². The Kier molecular flexibility index (Phi) is 8.89. The van der Waals surface area contributed by atoms with Gasteiger partial charge in [0.15, 0.2) is 10.9 Å². The van der Waals surface area contributed by atoms with E-state index in [4.69, 9.17) is 0 Å². The summed E-state index contributed by atoms with van der Waals surface area (Å²) >= 11 is 1.11. The van der Waals surface area contributed by atoms with Crippen molar-refractivity contribution < 1.29 is 13.6 Å². The summed E-state index contributed by atoms with van der Waals surface area (Å²) in [5.41, 5.74) is 0.987. The minimum Gasteiger partial charge on any atom is -0.302 e. The van der Waals surface area contributed by atoms with Gasteiger partial charge in [-0.05, 0) is 30.8 Å². The molecule has 0 radical (unpaired) electrons. The molecule has 1 aromatic heterocycles. The number of hydrogen-bond acceptors (Lipinski definition) is 4. The number of benzene rings is 2. The summed E-state index contributed by atoms with van der Waals surface area (Å²) < 4.78 is 28.0. The number of aromatic nitrogens is 1. The van der Waals surface area contributed by atoms with E-state index >= 15 is 0 Å². The summed E-state index contributed by atoms with van der Waals surface area (Å²) in [5, 5.41) is 0.361. The number of carbonyl (C=O) groups is 1. The summed E-state index contributed by atoms with van der Waals surface area (Å²) in [4.78, 5) is 21.0. The summed E-state index contributed by atoms with van der Waals surface area (Å²) in [6.45, 7) is 6.89. The lowest BCUT2D eigenvalue weighted by Crippen LogP contribution is -2.38. The molecule has 0 aliphatic carbocycles. The summed E-state index contributed by atoms with van der Waals surface area (Å²) in [6, 6.07) is 11.6. The third kappa shape index (κ3) is 5.84. The fourth-order valence-electron chi connectivity index (χ4n) is 2.96. The minimum absolute atomic E-state index is 0. The number of anilines is 1. The van der Waals surface area contributed by atoms with E-state index < -0.39 is 11.6 Å². The largest absolute Gasteiger partial charge is 0.302 e. The van der Waals surface area contributed by atoms with Crippen molar-refractivity contribution in [3.05, 3.63) is 65.7 Å². The van der Waals surface area contributed by atoms with Crippen LogP contribution >= 0.6 is 23.7 Å². The van der Waals surface area contributed by atoms with Crippen LogP contribution in [0.5, 0.6) is 0 Å². The maximum Gasteiger partial charge on any atom is 0.252 e. The minimum atomic E-state index is -0.724. The van der Waals surface area contributed by atoms with Gasteiger partial charge in [0.05, 0.1) is 4.70 Å². The summed E-state index contributed by atoms with van der Waals surface area (Å²) in [5.74, 6) is -1.63. The number of thiazole rings is 1. The molecule has 4 nitrogen and oxygen atoms in total. The Morgan fingerprint density at radius 2 is 1.80 bits per heavy atom. The Balaban J connectivity index is 0.00000320. The van der Waals surface area contributed by atoms with Gasteiger partial charge < -0.3 is 4.90 Å². The fraction of sp³-hybridized carbons (Fsp3) is 0.273.